The van der Waals surface area contributed by atoms with Gasteiger partial charge in [-0.2, -0.15) is 0 Å². The zero-order valence-electron chi connectivity index (χ0n) is 9.34. The molecule has 2 fully saturated rings. The average molecular weight is 211 g/mol. The van der Waals surface area contributed by atoms with Crippen molar-refractivity contribution in [3.8, 4) is 0 Å². The van der Waals surface area contributed by atoms with Crippen LogP contribution in [0, 0.1) is 5.92 Å². The Morgan fingerprint density at radius 2 is 1.67 bits per heavy atom. The fourth-order valence-corrected chi connectivity index (χ4v) is 2.51. The highest BCUT2D eigenvalue weighted by Crippen LogP contribution is 2.25. The standard InChI is InChI=1S/C12H21NO2/c14-12(10-4-2-1-3-5-10)15-11-6-8-13-9-7-11/h10-11,13H,1-9H2. The van der Waals surface area contributed by atoms with E-state index in [0.717, 1.165) is 38.8 Å². The molecule has 1 saturated carbocycles. The number of esters is 1. The van der Waals surface area contributed by atoms with Gasteiger partial charge in [-0.1, -0.05) is 19.3 Å². The number of rotatable bonds is 2. The smallest absolute Gasteiger partial charge is 0.309 e. The molecule has 1 heterocycles. The lowest BCUT2D eigenvalue weighted by atomic mass is 9.89. The van der Waals surface area contributed by atoms with Crippen molar-refractivity contribution >= 4 is 5.97 Å². The van der Waals surface area contributed by atoms with Gasteiger partial charge in [0.15, 0.2) is 0 Å². The molecule has 1 N–H and O–H groups in total. The van der Waals surface area contributed by atoms with E-state index in [1.165, 1.54) is 19.3 Å². The Hall–Kier alpha value is -0.570. The van der Waals surface area contributed by atoms with E-state index in [-0.39, 0.29) is 18.0 Å². The molecule has 15 heavy (non-hydrogen) atoms. The fraction of sp³-hybridized carbons (Fsp3) is 0.917. The number of carbonyl (C=O) groups is 1. The van der Waals surface area contributed by atoms with Gasteiger partial charge >= 0.3 is 5.97 Å². The number of nitrogens with one attached hydrogen (secondary N) is 1. The zero-order chi connectivity index (χ0) is 10.5. The van der Waals surface area contributed by atoms with Gasteiger partial charge in [0.25, 0.3) is 0 Å². The summed E-state index contributed by atoms with van der Waals surface area (Å²) in [6.45, 7) is 1.98. The molecule has 3 heteroatoms. The minimum absolute atomic E-state index is 0.0709. The maximum Gasteiger partial charge on any atom is 0.309 e. The summed E-state index contributed by atoms with van der Waals surface area (Å²) in [6.07, 6.45) is 7.93. The molecule has 3 nitrogen and oxygen atoms in total. The topological polar surface area (TPSA) is 38.3 Å². The van der Waals surface area contributed by atoms with Crippen molar-refractivity contribution in [1.29, 1.82) is 0 Å². The first kappa shape index (κ1) is 10.9. The van der Waals surface area contributed by atoms with Gasteiger partial charge < -0.3 is 10.1 Å². The van der Waals surface area contributed by atoms with Crippen LogP contribution in [0.1, 0.15) is 44.9 Å². The lowest BCUT2D eigenvalue weighted by molar-refractivity contribution is -0.156. The third-order valence-electron chi connectivity index (χ3n) is 3.51. The van der Waals surface area contributed by atoms with Crippen LogP contribution in [-0.4, -0.2) is 25.2 Å². The summed E-state index contributed by atoms with van der Waals surface area (Å²) in [5.41, 5.74) is 0. The zero-order valence-corrected chi connectivity index (χ0v) is 9.34. The average Bonchev–Trinajstić information content (AvgIpc) is 2.31. The van der Waals surface area contributed by atoms with Gasteiger partial charge in [0, 0.05) is 0 Å². The summed E-state index contributed by atoms with van der Waals surface area (Å²) >= 11 is 0. The Kier molecular flexibility index (Phi) is 4.01. The maximum absolute atomic E-state index is 11.8. The largest absolute Gasteiger partial charge is 0.462 e. The number of hydrogen-bond donors (Lipinski definition) is 1. The molecule has 0 aromatic heterocycles. The van der Waals surface area contributed by atoms with Crippen molar-refractivity contribution in [1.82, 2.24) is 5.32 Å². The SMILES string of the molecule is O=C(OC1CCNCC1)C1CCCCC1. The highest BCUT2D eigenvalue weighted by Gasteiger charge is 2.25. The molecule has 1 aliphatic heterocycles. The summed E-state index contributed by atoms with van der Waals surface area (Å²) in [5.74, 6) is 0.273. The Morgan fingerprint density at radius 1 is 1.00 bits per heavy atom. The molecule has 2 aliphatic rings. The molecule has 1 aliphatic carbocycles. The highest BCUT2D eigenvalue weighted by molar-refractivity contribution is 5.72. The summed E-state index contributed by atoms with van der Waals surface area (Å²) in [6, 6.07) is 0. The molecule has 0 radical (unpaired) electrons. The van der Waals surface area contributed by atoms with Crippen LogP contribution in [0.2, 0.25) is 0 Å². The lowest BCUT2D eigenvalue weighted by Crippen LogP contribution is -2.35. The summed E-state index contributed by atoms with van der Waals surface area (Å²) in [5, 5.41) is 3.28. The molecule has 0 atom stereocenters. The van der Waals surface area contributed by atoms with Crippen LogP contribution in [0.15, 0.2) is 0 Å². The molecule has 86 valence electrons. The van der Waals surface area contributed by atoms with Crippen molar-refractivity contribution in [3.63, 3.8) is 0 Å². The van der Waals surface area contributed by atoms with Crippen LogP contribution in [0.25, 0.3) is 0 Å². The first-order valence-corrected chi connectivity index (χ1v) is 6.27. The van der Waals surface area contributed by atoms with E-state index in [2.05, 4.69) is 5.32 Å². The predicted octanol–water partition coefficient (Wildman–Crippen LogP) is 1.86. The Balaban J connectivity index is 1.74. The van der Waals surface area contributed by atoms with Crippen LogP contribution in [0.3, 0.4) is 0 Å². The number of ether oxygens (including phenoxy) is 1. The van der Waals surface area contributed by atoms with Gasteiger partial charge in [0.1, 0.15) is 6.10 Å². The second kappa shape index (κ2) is 5.50. The van der Waals surface area contributed by atoms with Crippen molar-refractivity contribution in [2.75, 3.05) is 13.1 Å². The Labute approximate surface area is 91.6 Å². The van der Waals surface area contributed by atoms with E-state index in [1.807, 2.05) is 0 Å². The maximum atomic E-state index is 11.8. The first-order valence-electron chi connectivity index (χ1n) is 6.27. The predicted molar refractivity (Wildman–Crippen MR) is 58.6 cm³/mol. The minimum atomic E-state index is 0.0709. The van der Waals surface area contributed by atoms with E-state index in [1.54, 1.807) is 0 Å². The number of hydrogen-bond acceptors (Lipinski definition) is 3. The van der Waals surface area contributed by atoms with Crippen molar-refractivity contribution < 1.29 is 9.53 Å². The molecule has 1 saturated heterocycles. The van der Waals surface area contributed by atoms with Gasteiger partial charge in [-0.3, -0.25) is 4.79 Å². The van der Waals surface area contributed by atoms with Gasteiger partial charge in [0.2, 0.25) is 0 Å². The highest BCUT2D eigenvalue weighted by atomic mass is 16.5. The third kappa shape index (κ3) is 3.20. The van der Waals surface area contributed by atoms with Crippen molar-refractivity contribution in [2.24, 2.45) is 5.92 Å². The minimum Gasteiger partial charge on any atom is -0.462 e. The normalized spacial score (nSPS) is 25.1. The van der Waals surface area contributed by atoms with Crippen LogP contribution in [0.5, 0.6) is 0 Å². The van der Waals surface area contributed by atoms with Crippen LogP contribution >= 0.6 is 0 Å². The van der Waals surface area contributed by atoms with E-state index in [0.29, 0.717) is 0 Å². The summed E-state index contributed by atoms with van der Waals surface area (Å²) in [7, 11) is 0. The van der Waals surface area contributed by atoms with E-state index < -0.39 is 0 Å². The van der Waals surface area contributed by atoms with Crippen molar-refractivity contribution in [2.45, 2.75) is 51.0 Å². The molecule has 0 aromatic rings. The fourth-order valence-electron chi connectivity index (χ4n) is 2.51. The second-order valence-corrected chi connectivity index (χ2v) is 4.72. The van der Waals surface area contributed by atoms with Gasteiger partial charge in [-0.25, -0.2) is 0 Å². The first-order chi connectivity index (χ1) is 7.36. The van der Waals surface area contributed by atoms with Gasteiger partial charge in [-0.05, 0) is 38.8 Å². The second-order valence-electron chi connectivity index (χ2n) is 4.72. The molecule has 0 bridgehead atoms. The monoisotopic (exact) mass is 211 g/mol. The quantitative estimate of drug-likeness (QED) is 0.709. The number of piperidine rings is 1. The van der Waals surface area contributed by atoms with E-state index >= 15 is 0 Å². The van der Waals surface area contributed by atoms with Crippen LogP contribution in [0.4, 0.5) is 0 Å². The molecule has 0 amide bonds. The third-order valence-corrected chi connectivity index (χ3v) is 3.51. The van der Waals surface area contributed by atoms with Crippen LogP contribution in [-0.2, 0) is 9.53 Å². The Morgan fingerprint density at radius 3 is 2.33 bits per heavy atom. The number of carbonyl (C=O) groups excluding carboxylic acids is 1. The molecule has 2 rings (SSSR count). The van der Waals surface area contributed by atoms with Gasteiger partial charge in [-0.15, -0.1) is 0 Å². The van der Waals surface area contributed by atoms with E-state index in [4.69, 9.17) is 4.74 Å². The molecule has 0 aromatic carbocycles. The van der Waals surface area contributed by atoms with Crippen molar-refractivity contribution in [3.05, 3.63) is 0 Å². The molecular formula is C12H21NO2. The molecule has 0 unspecified atom stereocenters. The van der Waals surface area contributed by atoms with E-state index in [9.17, 15) is 4.79 Å². The lowest BCUT2D eigenvalue weighted by Gasteiger charge is -2.26. The Bertz CT molecular complexity index is 206. The summed E-state index contributed by atoms with van der Waals surface area (Å²) in [4.78, 5) is 11.8. The van der Waals surface area contributed by atoms with Gasteiger partial charge in [0.05, 0.1) is 5.92 Å². The molecular weight excluding hydrogens is 190 g/mol. The molecule has 0 spiro atoms. The summed E-state index contributed by atoms with van der Waals surface area (Å²) < 4.78 is 5.55. The van der Waals surface area contributed by atoms with Crippen LogP contribution < -0.4 is 5.32 Å².